The normalized spacial score (nSPS) is 12.7. The molecule has 10 nitrogen and oxygen atoms in total. The SMILES string of the molecule is COC(=O)[C@@H](C)Oc1c(Cl)cc(C=Nn2c(C(C)(C)C)nc3ccc(Br)cc3c2=O)cc1[N+](=O)[O-]. The molecule has 3 rings (SSSR count). The van der Waals surface area contributed by atoms with Gasteiger partial charge in [-0.2, -0.15) is 9.78 Å². The minimum Gasteiger partial charge on any atom is -0.471 e. The van der Waals surface area contributed by atoms with Crippen LogP contribution in [0.4, 0.5) is 5.69 Å². The first kappa shape index (κ1) is 26.3. The number of hydrogen-bond donors (Lipinski definition) is 0. The number of esters is 1. The number of carbonyl (C=O) groups excluding carboxylic acids is 1. The summed E-state index contributed by atoms with van der Waals surface area (Å²) in [4.78, 5) is 40.6. The number of ether oxygens (including phenoxy) is 2. The fourth-order valence-corrected chi connectivity index (χ4v) is 3.81. The molecule has 1 atom stereocenters. The molecule has 12 heteroatoms. The molecule has 0 spiro atoms. The number of rotatable bonds is 6. The first-order valence-electron chi connectivity index (χ1n) is 10.3. The molecule has 35 heavy (non-hydrogen) atoms. The average Bonchev–Trinajstić information content (AvgIpc) is 2.78. The molecule has 3 aromatic rings. The lowest BCUT2D eigenvalue weighted by Crippen LogP contribution is -2.29. The van der Waals surface area contributed by atoms with Gasteiger partial charge in [0.15, 0.2) is 6.10 Å². The molecule has 1 heterocycles. The van der Waals surface area contributed by atoms with Crippen LogP contribution in [0.5, 0.6) is 5.75 Å². The summed E-state index contributed by atoms with van der Waals surface area (Å²) >= 11 is 9.61. The quantitative estimate of drug-likeness (QED) is 0.181. The summed E-state index contributed by atoms with van der Waals surface area (Å²) < 4.78 is 11.8. The van der Waals surface area contributed by atoms with Gasteiger partial charge in [-0.1, -0.05) is 48.3 Å². The van der Waals surface area contributed by atoms with Crippen LogP contribution in [0.3, 0.4) is 0 Å². The third-order valence-electron chi connectivity index (χ3n) is 4.87. The number of benzene rings is 2. The third-order valence-corrected chi connectivity index (χ3v) is 5.65. The number of methoxy groups -OCH3 is 1. The van der Waals surface area contributed by atoms with Crippen molar-refractivity contribution in [2.24, 2.45) is 5.10 Å². The maximum Gasteiger partial charge on any atom is 0.346 e. The molecule has 0 aliphatic carbocycles. The van der Waals surface area contributed by atoms with Gasteiger partial charge >= 0.3 is 11.7 Å². The van der Waals surface area contributed by atoms with E-state index in [2.05, 4.69) is 30.8 Å². The highest BCUT2D eigenvalue weighted by molar-refractivity contribution is 9.10. The van der Waals surface area contributed by atoms with E-state index in [0.29, 0.717) is 21.2 Å². The van der Waals surface area contributed by atoms with Gasteiger partial charge in [-0.15, -0.1) is 0 Å². The zero-order chi connectivity index (χ0) is 26.1. The Morgan fingerprint density at radius 2 is 2.00 bits per heavy atom. The molecule has 0 unspecified atom stereocenters. The van der Waals surface area contributed by atoms with Gasteiger partial charge in [-0.05, 0) is 31.2 Å². The number of carbonyl (C=O) groups is 1. The molecule has 0 bridgehead atoms. The number of fused-ring (bicyclic) bond motifs is 1. The van der Waals surface area contributed by atoms with Crippen molar-refractivity contribution in [1.82, 2.24) is 9.66 Å². The van der Waals surface area contributed by atoms with Crippen LogP contribution in [-0.4, -0.2) is 40.0 Å². The van der Waals surface area contributed by atoms with E-state index in [9.17, 15) is 19.7 Å². The van der Waals surface area contributed by atoms with Gasteiger partial charge in [-0.25, -0.2) is 9.78 Å². The summed E-state index contributed by atoms with van der Waals surface area (Å²) in [6, 6.07) is 7.74. The van der Waals surface area contributed by atoms with Gasteiger partial charge < -0.3 is 9.47 Å². The van der Waals surface area contributed by atoms with Crippen molar-refractivity contribution in [3.05, 3.63) is 71.7 Å². The van der Waals surface area contributed by atoms with Crippen LogP contribution in [0.15, 0.2) is 44.7 Å². The number of halogens is 2. The van der Waals surface area contributed by atoms with Crippen molar-refractivity contribution in [2.75, 3.05) is 7.11 Å². The van der Waals surface area contributed by atoms with E-state index in [0.717, 1.165) is 4.68 Å². The minimum atomic E-state index is -1.12. The number of aromatic nitrogens is 2. The molecule has 1 aromatic heterocycles. The van der Waals surface area contributed by atoms with E-state index >= 15 is 0 Å². The predicted molar refractivity (Wildman–Crippen MR) is 136 cm³/mol. The molecule has 0 aliphatic rings. The summed E-state index contributed by atoms with van der Waals surface area (Å²) in [5.41, 5.74) is -0.651. The van der Waals surface area contributed by atoms with Gasteiger partial charge in [0, 0.05) is 21.5 Å². The molecule has 0 fully saturated rings. The summed E-state index contributed by atoms with van der Waals surface area (Å²) in [5, 5.41) is 16.2. The lowest BCUT2D eigenvalue weighted by atomic mass is 9.95. The molecular weight excluding hydrogens is 544 g/mol. The Balaban J connectivity index is 2.14. The molecule has 2 aromatic carbocycles. The Bertz CT molecular complexity index is 1410. The Kier molecular flexibility index (Phi) is 7.61. The van der Waals surface area contributed by atoms with Crippen LogP contribution in [0.1, 0.15) is 39.1 Å². The molecule has 0 aliphatic heterocycles. The molecule has 0 saturated carbocycles. The predicted octanol–water partition coefficient (Wildman–Crippen LogP) is 4.84. The first-order valence-corrected chi connectivity index (χ1v) is 11.5. The van der Waals surface area contributed by atoms with Gasteiger partial charge in [0.05, 0.1) is 34.2 Å². The monoisotopic (exact) mass is 564 g/mol. The zero-order valence-corrected chi connectivity index (χ0v) is 21.9. The summed E-state index contributed by atoms with van der Waals surface area (Å²) in [7, 11) is 1.17. The average molecular weight is 566 g/mol. The van der Waals surface area contributed by atoms with Gasteiger partial charge in [0.2, 0.25) is 5.75 Å². The van der Waals surface area contributed by atoms with E-state index in [4.69, 9.17) is 16.3 Å². The molecule has 184 valence electrons. The van der Waals surface area contributed by atoms with Crippen LogP contribution >= 0.6 is 27.5 Å². The van der Waals surface area contributed by atoms with Gasteiger partial charge in [0.25, 0.3) is 5.56 Å². The molecular formula is C23H22BrClN4O6. The summed E-state index contributed by atoms with van der Waals surface area (Å²) in [6.07, 6.45) is 0.153. The van der Waals surface area contributed by atoms with E-state index in [1.807, 2.05) is 20.8 Å². The van der Waals surface area contributed by atoms with E-state index in [1.54, 1.807) is 18.2 Å². The molecule has 0 N–H and O–H groups in total. The first-order chi connectivity index (χ1) is 16.3. The number of nitro groups is 1. The number of hydrogen-bond acceptors (Lipinski definition) is 8. The molecule has 0 amide bonds. The minimum absolute atomic E-state index is 0.111. The highest BCUT2D eigenvalue weighted by Crippen LogP contribution is 2.36. The fourth-order valence-electron chi connectivity index (χ4n) is 3.18. The summed E-state index contributed by atoms with van der Waals surface area (Å²) in [5.74, 6) is -0.594. The maximum atomic E-state index is 13.3. The highest BCUT2D eigenvalue weighted by Gasteiger charge is 2.26. The maximum absolute atomic E-state index is 13.3. The fraction of sp³-hybridized carbons (Fsp3) is 0.304. The standard InChI is InChI=1S/C23H22BrClN4O6/c1-12(21(31)34-5)35-19-16(25)8-13(9-18(19)29(32)33)11-26-28-20(30)15-10-14(24)6-7-17(15)27-22(28)23(2,3)4/h6-12H,1-5H3/t12-/m1/s1. The van der Waals surface area contributed by atoms with Crippen molar-refractivity contribution >= 4 is 56.3 Å². The second-order valence-electron chi connectivity index (χ2n) is 8.60. The smallest absolute Gasteiger partial charge is 0.346 e. The Morgan fingerprint density at radius 1 is 1.31 bits per heavy atom. The highest BCUT2D eigenvalue weighted by atomic mass is 79.9. The number of nitro benzene ring substituents is 1. The topological polar surface area (TPSA) is 126 Å². The molecule has 0 saturated heterocycles. The van der Waals surface area contributed by atoms with Crippen molar-refractivity contribution in [3.63, 3.8) is 0 Å². The van der Waals surface area contributed by atoms with Gasteiger partial charge in [0.1, 0.15) is 5.82 Å². The Labute approximate surface area is 213 Å². The van der Waals surface area contributed by atoms with Crippen molar-refractivity contribution in [3.8, 4) is 5.75 Å². The van der Waals surface area contributed by atoms with E-state index in [-0.39, 0.29) is 16.3 Å². The van der Waals surface area contributed by atoms with Gasteiger partial charge in [-0.3, -0.25) is 14.9 Å². The Morgan fingerprint density at radius 3 is 2.60 bits per heavy atom. The van der Waals surface area contributed by atoms with E-state index < -0.39 is 33.7 Å². The second kappa shape index (κ2) is 10.1. The molecule has 0 radical (unpaired) electrons. The zero-order valence-electron chi connectivity index (χ0n) is 19.5. The van der Waals surface area contributed by atoms with Crippen LogP contribution < -0.4 is 10.3 Å². The van der Waals surface area contributed by atoms with Crippen molar-refractivity contribution < 1.29 is 19.2 Å². The summed E-state index contributed by atoms with van der Waals surface area (Å²) in [6.45, 7) is 7.05. The van der Waals surface area contributed by atoms with E-state index in [1.165, 1.54) is 32.4 Å². The van der Waals surface area contributed by atoms with Crippen LogP contribution in [0.25, 0.3) is 10.9 Å². The van der Waals surface area contributed by atoms with Crippen LogP contribution in [0.2, 0.25) is 5.02 Å². The van der Waals surface area contributed by atoms with Crippen LogP contribution in [0, 0.1) is 10.1 Å². The lowest BCUT2D eigenvalue weighted by molar-refractivity contribution is -0.386. The van der Waals surface area contributed by atoms with Crippen molar-refractivity contribution in [1.29, 1.82) is 0 Å². The second-order valence-corrected chi connectivity index (χ2v) is 9.92. The largest absolute Gasteiger partial charge is 0.471 e. The number of nitrogens with zero attached hydrogens (tertiary/aromatic N) is 4. The lowest BCUT2D eigenvalue weighted by Gasteiger charge is -2.20. The van der Waals surface area contributed by atoms with Crippen molar-refractivity contribution in [2.45, 2.75) is 39.2 Å². The third kappa shape index (κ3) is 5.68. The van der Waals surface area contributed by atoms with Crippen LogP contribution in [-0.2, 0) is 14.9 Å². The Hall–Kier alpha value is -3.31.